The van der Waals surface area contributed by atoms with Gasteiger partial charge >= 0.3 is 10.1 Å². The fourth-order valence-electron chi connectivity index (χ4n) is 2.92. The van der Waals surface area contributed by atoms with Crippen LogP contribution in [0.3, 0.4) is 0 Å². The van der Waals surface area contributed by atoms with Crippen LogP contribution < -0.4 is 4.18 Å². The fourth-order valence-corrected chi connectivity index (χ4v) is 3.83. The number of hydrogen-bond donors (Lipinski definition) is 0. The van der Waals surface area contributed by atoms with E-state index in [0.717, 1.165) is 12.8 Å². The van der Waals surface area contributed by atoms with E-state index in [1.807, 2.05) is 11.9 Å². The molecule has 6 nitrogen and oxygen atoms in total. The molecular weight excluding hydrogens is 328 g/mol. The van der Waals surface area contributed by atoms with Gasteiger partial charge in [0.2, 0.25) is 0 Å². The minimum absolute atomic E-state index is 0.00224. The fraction of sp³-hybridized carbons (Fsp3) is 0.353. The number of terminal acetylenes is 1. The summed E-state index contributed by atoms with van der Waals surface area (Å²) >= 11 is 0. The Morgan fingerprint density at radius 3 is 2.88 bits per heavy atom. The third-order valence-corrected chi connectivity index (χ3v) is 5.30. The molecule has 0 aliphatic heterocycles. The molecule has 0 N–H and O–H groups in total. The van der Waals surface area contributed by atoms with Crippen LogP contribution in [-0.2, 0) is 16.5 Å². The number of aryl methyl sites for hydroxylation is 1. The van der Waals surface area contributed by atoms with Crippen LogP contribution in [-0.4, -0.2) is 32.1 Å². The van der Waals surface area contributed by atoms with Crippen LogP contribution in [0.15, 0.2) is 39.8 Å². The van der Waals surface area contributed by atoms with Crippen molar-refractivity contribution in [1.82, 2.24) is 10.1 Å². The summed E-state index contributed by atoms with van der Waals surface area (Å²) in [5.41, 5.74) is 0.679. The lowest BCUT2D eigenvalue weighted by Gasteiger charge is -2.29. The molecule has 24 heavy (non-hydrogen) atoms. The molecule has 1 atom stereocenters. The van der Waals surface area contributed by atoms with E-state index in [0.29, 0.717) is 24.3 Å². The lowest BCUT2D eigenvalue weighted by atomic mass is 9.92. The van der Waals surface area contributed by atoms with E-state index in [1.54, 1.807) is 18.2 Å². The van der Waals surface area contributed by atoms with Gasteiger partial charge in [-0.2, -0.15) is 8.42 Å². The summed E-state index contributed by atoms with van der Waals surface area (Å²) in [6.45, 7) is 0.445. The Labute approximate surface area is 141 Å². The number of nitrogens with zero attached hydrogens (tertiary/aromatic N) is 2. The van der Waals surface area contributed by atoms with Crippen LogP contribution in [0, 0.1) is 12.3 Å². The molecule has 0 saturated heterocycles. The van der Waals surface area contributed by atoms with Crippen molar-refractivity contribution in [2.24, 2.45) is 0 Å². The smallest absolute Gasteiger partial charge is 0.340 e. The Morgan fingerprint density at radius 1 is 1.42 bits per heavy atom. The number of rotatable bonds is 5. The molecule has 1 aromatic heterocycles. The lowest BCUT2D eigenvalue weighted by molar-refractivity contribution is 0.236. The molecule has 1 heterocycles. The van der Waals surface area contributed by atoms with Gasteiger partial charge in [0.1, 0.15) is 10.7 Å². The minimum Gasteiger partial charge on any atom is -0.357 e. The number of benzene rings is 1. The maximum Gasteiger partial charge on any atom is 0.340 e. The molecule has 0 fully saturated rings. The predicted octanol–water partition coefficient (Wildman–Crippen LogP) is 2.38. The number of aromatic nitrogens is 1. The number of hydrogen-bond acceptors (Lipinski definition) is 6. The second kappa shape index (κ2) is 6.67. The maximum absolute atomic E-state index is 12.4. The van der Waals surface area contributed by atoms with Gasteiger partial charge < -0.3 is 8.71 Å². The van der Waals surface area contributed by atoms with Crippen molar-refractivity contribution in [3.8, 4) is 18.2 Å². The van der Waals surface area contributed by atoms with Crippen molar-refractivity contribution in [2.75, 3.05) is 13.6 Å². The highest BCUT2D eigenvalue weighted by atomic mass is 32.2. The zero-order chi connectivity index (χ0) is 17.2. The van der Waals surface area contributed by atoms with Gasteiger partial charge in [-0.05, 0) is 37.2 Å². The van der Waals surface area contributed by atoms with Crippen LogP contribution in [0.25, 0.3) is 0 Å². The Bertz CT molecular complexity index is 852. The highest BCUT2D eigenvalue weighted by Gasteiger charge is 2.33. The van der Waals surface area contributed by atoms with Crippen LogP contribution >= 0.6 is 0 Å². The maximum atomic E-state index is 12.4. The van der Waals surface area contributed by atoms with Crippen LogP contribution in [0.5, 0.6) is 5.88 Å². The summed E-state index contributed by atoms with van der Waals surface area (Å²) in [6.07, 6.45) is 7.86. The lowest BCUT2D eigenvalue weighted by Crippen LogP contribution is -2.28. The Morgan fingerprint density at radius 2 is 2.17 bits per heavy atom. The molecule has 126 valence electrons. The van der Waals surface area contributed by atoms with E-state index in [4.69, 9.17) is 15.1 Å². The van der Waals surface area contributed by atoms with E-state index in [-0.39, 0.29) is 16.8 Å². The Balaban J connectivity index is 1.94. The summed E-state index contributed by atoms with van der Waals surface area (Å²) in [5, 5.41) is 3.85. The first-order chi connectivity index (χ1) is 11.5. The second-order valence-corrected chi connectivity index (χ2v) is 7.25. The summed E-state index contributed by atoms with van der Waals surface area (Å²) in [5.74, 6) is 3.26. The molecule has 0 amide bonds. The zero-order valence-corrected chi connectivity index (χ0v) is 14.1. The molecule has 0 saturated carbocycles. The molecule has 1 aliphatic carbocycles. The zero-order valence-electron chi connectivity index (χ0n) is 13.3. The first-order valence-electron chi connectivity index (χ1n) is 7.64. The number of fused-ring (bicyclic) bond motifs is 1. The van der Waals surface area contributed by atoms with Gasteiger partial charge in [-0.25, -0.2) is 0 Å². The Kier molecular flexibility index (Phi) is 4.60. The van der Waals surface area contributed by atoms with Crippen LogP contribution in [0.2, 0.25) is 0 Å². The monoisotopic (exact) mass is 346 g/mol. The van der Waals surface area contributed by atoms with Crippen molar-refractivity contribution in [3.05, 3.63) is 41.7 Å². The molecule has 0 bridgehead atoms. The van der Waals surface area contributed by atoms with Crippen molar-refractivity contribution < 1.29 is 17.1 Å². The molecule has 0 radical (unpaired) electrons. The van der Waals surface area contributed by atoms with Crippen LogP contribution in [0.4, 0.5) is 0 Å². The standard InChI is InChI=1S/C17H18N2O4S/c1-3-12-19(2)14-10-7-11-15-16(14)17(18-22-15)23-24(20,21)13-8-5-4-6-9-13/h1,4-6,8-9,14H,7,10-12H2,2H3. The van der Waals surface area contributed by atoms with E-state index < -0.39 is 10.1 Å². The quantitative estimate of drug-likeness (QED) is 0.611. The second-order valence-electron chi connectivity index (χ2n) is 5.70. The van der Waals surface area contributed by atoms with Gasteiger partial charge in [0, 0.05) is 12.5 Å². The average molecular weight is 346 g/mol. The summed E-state index contributed by atoms with van der Waals surface area (Å²) < 4.78 is 35.5. The van der Waals surface area contributed by atoms with Gasteiger partial charge in [-0.3, -0.25) is 4.90 Å². The van der Waals surface area contributed by atoms with E-state index >= 15 is 0 Å². The molecular formula is C17H18N2O4S. The van der Waals surface area contributed by atoms with Gasteiger partial charge in [0.05, 0.1) is 12.1 Å². The highest BCUT2D eigenvalue weighted by molar-refractivity contribution is 7.87. The summed E-state index contributed by atoms with van der Waals surface area (Å²) in [7, 11) is -2.07. The van der Waals surface area contributed by atoms with Gasteiger partial charge in [-0.15, -0.1) is 6.42 Å². The van der Waals surface area contributed by atoms with E-state index in [1.165, 1.54) is 12.1 Å². The van der Waals surface area contributed by atoms with E-state index in [2.05, 4.69) is 11.1 Å². The first kappa shape index (κ1) is 16.6. The van der Waals surface area contributed by atoms with Crippen molar-refractivity contribution in [2.45, 2.75) is 30.2 Å². The van der Waals surface area contributed by atoms with E-state index in [9.17, 15) is 8.42 Å². The predicted molar refractivity (Wildman–Crippen MR) is 87.9 cm³/mol. The molecule has 1 aromatic carbocycles. The molecule has 7 heteroatoms. The third-order valence-electron chi connectivity index (χ3n) is 4.08. The first-order valence-corrected chi connectivity index (χ1v) is 9.05. The van der Waals surface area contributed by atoms with Crippen molar-refractivity contribution >= 4 is 10.1 Å². The topological polar surface area (TPSA) is 72.6 Å². The van der Waals surface area contributed by atoms with Crippen molar-refractivity contribution in [3.63, 3.8) is 0 Å². The van der Waals surface area contributed by atoms with Crippen molar-refractivity contribution in [1.29, 1.82) is 0 Å². The average Bonchev–Trinajstić information content (AvgIpc) is 2.98. The molecule has 3 rings (SSSR count). The van der Waals surface area contributed by atoms with Crippen LogP contribution in [0.1, 0.15) is 30.2 Å². The Hall–Kier alpha value is -2.30. The third kappa shape index (κ3) is 3.16. The molecule has 1 unspecified atom stereocenters. The molecule has 1 aliphatic rings. The molecule has 2 aromatic rings. The normalized spacial score (nSPS) is 17.3. The van der Waals surface area contributed by atoms with Gasteiger partial charge in [-0.1, -0.05) is 24.1 Å². The summed E-state index contributed by atoms with van der Waals surface area (Å²) in [6, 6.07) is 7.89. The summed E-state index contributed by atoms with van der Waals surface area (Å²) in [4.78, 5) is 2.04. The minimum atomic E-state index is -3.96. The SMILES string of the molecule is C#CCN(C)C1CCCc2onc(OS(=O)(=O)c3ccccc3)c21. The van der Waals surface area contributed by atoms with Gasteiger partial charge in [0.15, 0.2) is 0 Å². The highest BCUT2D eigenvalue weighted by Crippen LogP contribution is 2.40. The molecule has 0 spiro atoms. The largest absolute Gasteiger partial charge is 0.357 e. The van der Waals surface area contributed by atoms with Gasteiger partial charge in [0.25, 0.3) is 5.88 Å².